The summed E-state index contributed by atoms with van der Waals surface area (Å²) in [5.74, 6) is 0.119. The van der Waals surface area contributed by atoms with Crippen molar-refractivity contribution in [3.8, 4) is 16.9 Å². The summed E-state index contributed by atoms with van der Waals surface area (Å²) in [6.07, 6.45) is 3.34. The second-order valence-corrected chi connectivity index (χ2v) is 7.58. The van der Waals surface area contributed by atoms with Crippen molar-refractivity contribution < 1.29 is 19.4 Å². The lowest BCUT2D eigenvalue weighted by Gasteiger charge is -2.09. The minimum absolute atomic E-state index is 0.000206. The summed E-state index contributed by atoms with van der Waals surface area (Å²) in [4.78, 5) is 23.3. The predicted octanol–water partition coefficient (Wildman–Crippen LogP) is 5.58. The Morgan fingerprint density at radius 3 is 2.33 bits per heavy atom. The van der Waals surface area contributed by atoms with Gasteiger partial charge in [-0.25, -0.2) is 0 Å². The fraction of sp³-hybridized carbons (Fsp3) is 0.120. The van der Waals surface area contributed by atoms with Crippen molar-refractivity contribution in [1.82, 2.24) is 0 Å². The zero-order chi connectivity index (χ0) is 21.3. The van der Waals surface area contributed by atoms with Crippen molar-refractivity contribution in [2.24, 2.45) is 0 Å². The van der Waals surface area contributed by atoms with Crippen molar-refractivity contribution in [2.75, 3.05) is 12.9 Å². The summed E-state index contributed by atoms with van der Waals surface area (Å²) in [6, 6.07) is 23.4. The van der Waals surface area contributed by atoms with Crippen LogP contribution in [-0.2, 0) is 10.5 Å². The van der Waals surface area contributed by atoms with E-state index in [4.69, 9.17) is 9.84 Å². The molecule has 0 aliphatic carbocycles. The van der Waals surface area contributed by atoms with Crippen LogP contribution in [-0.4, -0.2) is 29.7 Å². The van der Waals surface area contributed by atoms with E-state index in [0.717, 1.165) is 22.3 Å². The third kappa shape index (κ3) is 5.84. The van der Waals surface area contributed by atoms with E-state index in [0.29, 0.717) is 17.1 Å². The minimum Gasteiger partial charge on any atom is -0.496 e. The van der Waals surface area contributed by atoms with Crippen molar-refractivity contribution in [2.45, 2.75) is 5.75 Å². The molecule has 0 unspecified atom stereocenters. The van der Waals surface area contributed by atoms with Gasteiger partial charge in [-0.3, -0.25) is 9.59 Å². The largest absolute Gasteiger partial charge is 0.496 e. The Kier molecular flexibility index (Phi) is 7.46. The summed E-state index contributed by atoms with van der Waals surface area (Å²) in [5.41, 5.74) is 4.55. The van der Waals surface area contributed by atoms with Crippen LogP contribution in [0.2, 0.25) is 0 Å². The van der Waals surface area contributed by atoms with Crippen LogP contribution in [0.5, 0.6) is 5.75 Å². The van der Waals surface area contributed by atoms with E-state index in [2.05, 4.69) is 12.1 Å². The molecule has 0 aromatic heterocycles. The molecule has 0 spiro atoms. The number of carboxylic acids is 1. The predicted molar refractivity (Wildman–Crippen MR) is 122 cm³/mol. The van der Waals surface area contributed by atoms with Crippen LogP contribution in [0.1, 0.15) is 21.5 Å². The van der Waals surface area contributed by atoms with E-state index in [1.807, 2.05) is 42.5 Å². The summed E-state index contributed by atoms with van der Waals surface area (Å²) < 4.78 is 5.32. The first kappa shape index (κ1) is 21.4. The topological polar surface area (TPSA) is 63.6 Å². The maximum absolute atomic E-state index is 12.6. The number of ketones is 1. The second-order valence-electron chi connectivity index (χ2n) is 6.60. The third-order valence-corrected chi connectivity index (χ3v) is 5.46. The molecule has 152 valence electrons. The standard InChI is InChI=1S/C25H22O4S/c1-29-24-14-12-21(15-22(24)16-30-17-25(27)28)23(26)13-9-18-7-10-20(11-8-18)19-5-3-2-4-6-19/h2-15H,16-17H2,1H3,(H,27,28)/b13-9-. The van der Waals surface area contributed by atoms with Crippen molar-refractivity contribution in [3.05, 3.63) is 95.6 Å². The quantitative estimate of drug-likeness (QED) is 0.363. The highest BCUT2D eigenvalue weighted by molar-refractivity contribution is 7.99. The van der Waals surface area contributed by atoms with E-state index in [9.17, 15) is 9.59 Å². The summed E-state index contributed by atoms with van der Waals surface area (Å²) >= 11 is 1.27. The molecule has 0 heterocycles. The van der Waals surface area contributed by atoms with E-state index < -0.39 is 5.97 Å². The Morgan fingerprint density at radius 1 is 0.967 bits per heavy atom. The van der Waals surface area contributed by atoms with Gasteiger partial charge in [-0.05, 0) is 41.0 Å². The molecule has 0 radical (unpaired) electrons. The number of hydrogen-bond donors (Lipinski definition) is 1. The number of aliphatic carboxylic acids is 1. The lowest BCUT2D eigenvalue weighted by atomic mass is 10.0. The molecule has 0 amide bonds. The van der Waals surface area contributed by atoms with Gasteiger partial charge in [-0.1, -0.05) is 60.7 Å². The molecule has 4 nitrogen and oxygen atoms in total. The normalized spacial score (nSPS) is 10.8. The lowest BCUT2D eigenvalue weighted by Crippen LogP contribution is -2.01. The first-order chi connectivity index (χ1) is 14.6. The first-order valence-electron chi connectivity index (χ1n) is 9.41. The van der Waals surface area contributed by atoms with Gasteiger partial charge in [0.2, 0.25) is 0 Å². The molecule has 1 N–H and O–H groups in total. The van der Waals surface area contributed by atoms with Gasteiger partial charge in [0.15, 0.2) is 5.78 Å². The van der Waals surface area contributed by atoms with E-state index in [-0.39, 0.29) is 11.5 Å². The number of carbonyl (C=O) groups is 2. The summed E-state index contributed by atoms with van der Waals surface area (Å²) in [7, 11) is 1.56. The summed E-state index contributed by atoms with van der Waals surface area (Å²) in [6.45, 7) is 0. The Morgan fingerprint density at radius 2 is 1.67 bits per heavy atom. The average molecular weight is 419 g/mol. The summed E-state index contributed by atoms with van der Waals surface area (Å²) in [5, 5.41) is 8.81. The second kappa shape index (κ2) is 10.5. The van der Waals surface area contributed by atoms with Crippen LogP contribution in [0.15, 0.2) is 78.9 Å². The number of ether oxygens (including phenoxy) is 1. The number of rotatable bonds is 9. The van der Waals surface area contributed by atoms with Gasteiger partial charge in [0, 0.05) is 16.9 Å². The van der Waals surface area contributed by atoms with Crippen molar-refractivity contribution >= 4 is 29.6 Å². The molecular formula is C25H22O4S. The Bertz CT molecular complexity index is 1040. The molecule has 3 rings (SSSR count). The molecule has 0 bridgehead atoms. The first-order valence-corrected chi connectivity index (χ1v) is 10.6. The average Bonchev–Trinajstić information content (AvgIpc) is 2.78. The van der Waals surface area contributed by atoms with Gasteiger partial charge in [-0.2, -0.15) is 0 Å². The number of benzene rings is 3. The number of carboxylic acid groups (broad SMARTS) is 1. The number of hydrogen-bond acceptors (Lipinski definition) is 4. The zero-order valence-corrected chi connectivity index (χ0v) is 17.4. The highest BCUT2D eigenvalue weighted by atomic mass is 32.2. The number of allylic oxidation sites excluding steroid dienone is 1. The van der Waals surface area contributed by atoms with Gasteiger partial charge in [-0.15, -0.1) is 11.8 Å². The number of methoxy groups -OCH3 is 1. The van der Waals surface area contributed by atoms with Crippen molar-refractivity contribution in [1.29, 1.82) is 0 Å². The molecule has 0 saturated heterocycles. The van der Waals surface area contributed by atoms with Crippen LogP contribution < -0.4 is 4.74 Å². The molecule has 3 aromatic rings. The monoisotopic (exact) mass is 418 g/mol. The minimum atomic E-state index is -0.868. The molecule has 5 heteroatoms. The zero-order valence-electron chi connectivity index (χ0n) is 16.6. The maximum Gasteiger partial charge on any atom is 0.313 e. The molecule has 0 aliphatic rings. The van der Waals surface area contributed by atoms with E-state index in [1.54, 1.807) is 37.5 Å². The molecule has 0 fully saturated rings. The lowest BCUT2D eigenvalue weighted by molar-refractivity contribution is -0.133. The van der Waals surface area contributed by atoms with Crippen LogP contribution >= 0.6 is 11.8 Å². The maximum atomic E-state index is 12.6. The Balaban J connectivity index is 1.70. The Hall–Kier alpha value is -3.31. The van der Waals surface area contributed by atoms with Crippen LogP contribution in [0.25, 0.3) is 17.2 Å². The Labute approximate surface area is 180 Å². The van der Waals surface area contributed by atoms with E-state index >= 15 is 0 Å². The van der Waals surface area contributed by atoms with Gasteiger partial charge in [0.25, 0.3) is 0 Å². The molecule has 30 heavy (non-hydrogen) atoms. The third-order valence-electron chi connectivity index (χ3n) is 4.49. The van der Waals surface area contributed by atoms with Crippen LogP contribution in [0, 0.1) is 0 Å². The molecule has 0 saturated carbocycles. The molecular weight excluding hydrogens is 396 g/mol. The smallest absolute Gasteiger partial charge is 0.313 e. The fourth-order valence-electron chi connectivity index (χ4n) is 2.98. The van der Waals surface area contributed by atoms with Gasteiger partial charge in [0.05, 0.1) is 12.9 Å². The van der Waals surface area contributed by atoms with Gasteiger partial charge >= 0.3 is 5.97 Å². The highest BCUT2D eigenvalue weighted by Crippen LogP contribution is 2.25. The SMILES string of the molecule is COc1ccc(C(=O)/C=C\c2ccc(-c3ccccc3)cc2)cc1CSCC(=O)O. The number of thioether (sulfide) groups is 1. The molecule has 3 aromatic carbocycles. The van der Waals surface area contributed by atoms with E-state index in [1.165, 1.54) is 11.8 Å². The van der Waals surface area contributed by atoms with Crippen LogP contribution in [0.4, 0.5) is 0 Å². The van der Waals surface area contributed by atoms with Crippen molar-refractivity contribution in [3.63, 3.8) is 0 Å². The van der Waals surface area contributed by atoms with Gasteiger partial charge < -0.3 is 9.84 Å². The van der Waals surface area contributed by atoms with Crippen LogP contribution in [0.3, 0.4) is 0 Å². The highest BCUT2D eigenvalue weighted by Gasteiger charge is 2.09. The fourth-order valence-corrected chi connectivity index (χ4v) is 3.70. The van der Waals surface area contributed by atoms with Gasteiger partial charge in [0.1, 0.15) is 5.75 Å². The number of carbonyl (C=O) groups excluding carboxylic acids is 1. The molecule has 0 atom stereocenters. The molecule has 0 aliphatic heterocycles.